The Kier molecular flexibility index (Phi) is 6.45. The molecule has 3 heterocycles. The highest BCUT2D eigenvalue weighted by molar-refractivity contribution is 7.19. The van der Waals surface area contributed by atoms with E-state index in [9.17, 15) is 22.8 Å². The van der Waals surface area contributed by atoms with E-state index in [-0.39, 0.29) is 18.4 Å². The monoisotopic (exact) mass is 457 g/mol. The van der Waals surface area contributed by atoms with Gasteiger partial charge in [-0.25, -0.2) is 14.8 Å². The van der Waals surface area contributed by atoms with Crippen LogP contribution in [0.3, 0.4) is 0 Å². The number of nitrogens with zero attached hydrogens (tertiary/aromatic N) is 2. The summed E-state index contributed by atoms with van der Waals surface area (Å²) in [5, 5.41) is 3.03. The highest BCUT2D eigenvalue weighted by Gasteiger charge is 2.42. The summed E-state index contributed by atoms with van der Waals surface area (Å²) in [6, 6.07) is 3.32. The van der Waals surface area contributed by atoms with Gasteiger partial charge in [-0.15, -0.1) is 11.3 Å². The molecule has 9 nitrogen and oxygen atoms in total. The predicted octanol–water partition coefficient (Wildman–Crippen LogP) is 2.84. The highest BCUT2D eigenvalue weighted by atomic mass is 32.1. The van der Waals surface area contributed by atoms with E-state index in [4.69, 9.17) is 10.2 Å². The molecule has 0 aliphatic rings. The molecule has 0 aliphatic carbocycles. The van der Waals surface area contributed by atoms with Crippen molar-refractivity contribution in [2.45, 2.75) is 39.0 Å². The number of carbonyl (C=O) groups is 2. The normalized spacial score (nSPS) is 12.6. The van der Waals surface area contributed by atoms with Crippen molar-refractivity contribution in [2.24, 2.45) is 5.73 Å². The number of carbonyl (C=O) groups excluding carboxylic acids is 2. The van der Waals surface area contributed by atoms with Gasteiger partial charge in [0, 0.05) is 10.9 Å². The van der Waals surface area contributed by atoms with Crippen LogP contribution in [-0.2, 0) is 22.6 Å². The molecule has 1 amide bonds. The fourth-order valence-electron chi connectivity index (χ4n) is 2.62. The molecule has 13 heteroatoms. The van der Waals surface area contributed by atoms with Crippen LogP contribution in [0.4, 0.5) is 19.0 Å². The third-order valence-electron chi connectivity index (χ3n) is 4.05. The first-order chi connectivity index (χ1) is 14.6. The maximum Gasteiger partial charge on any atom is 0.493 e. The summed E-state index contributed by atoms with van der Waals surface area (Å²) in [6.45, 7) is 3.88. The van der Waals surface area contributed by atoms with Crippen LogP contribution < -0.4 is 16.5 Å². The summed E-state index contributed by atoms with van der Waals surface area (Å²) in [7, 11) is 0. The minimum absolute atomic E-state index is 0.121. The predicted molar refractivity (Wildman–Crippen MR) is 105 cm³/mol. The quantitative estimate of drug-likeness (QED) is 0.482. The van der Waals surface area contributed by atoms with Gasteiger partial charge in [0.05, 0.1) is 23.0 Å². The first kappa shape index (κ1) is 22.5. The summed E-state index contributed by atoms with van der Waals surface area (Å²) in [5.74, 6) is -3.37. The number of aryl methyl sites for hydroxylation is 1. The third-order valence-corrected chi connectivity index (χ3v) is 5.36. The molecule has 0 spiro atoms. The van der Waals surface area contributed by atoms with Gasteiger partial charge in [-0.05, 0) is 38.0 Å². The van der Waals surface area contributed by atoms with Crippen LogP contribution in [0, 0.1) is 6.92 Å². The molecular formula is C18H18F3N5O4S. The minimum Gasteiger partial charge on any atom is -0.467 e. The highest BCUT2D eigenvalue weighted by Crippen LogP contribution is 2.35. The second kappa shape index (κ2) is 8.89. The number of nitrogens with two attached hydrogens (primary N) is 1. The standard InChI is InChI=1S/C18H18F3N5O4S/c1-8(22)6-11-9(2)12-13(31-11)14(23-7-10-4-3-5-29-10)25-15(24-12)16(27)26-30-17(28)18(19,20)21/h3-5,8H,6-7,22H2,1-2H3,(H,26,27)(H,23,24,25)/t8-/m0/s1. The van der Waals surface area contributed by atoms with Crippen LogP contribution in [0.5, 0.6) is 0 Å². The number of anilines is 1. The van der Waals surface area contributed by atoms with Crippen molar-refractivity contribution >= 4 is 39.2 Å². The summed E-state index contributed by atoms with van der Waals surface area (Å²) in [5.41, 5.74) is 8.53. The lowest BCUT2D eigenvalue weighted by molar-refractivity contribution is -0.204. The topological polar surface area (TPSA) is 132 Å². The van der Waals surface area contributed by atoms with Crippen LogP contribution >= 0.6 is 11.3 Å². The van der Waals surface area contributed by atoms with Gasteiger partial charge in [0.2, 0.25) is 5.82 Å². The van der Waals surface area contributed by atoms with Gasteiger partial charge in [0.25, 0.3) is 0 Å². The van der Waals surface area contributed by atoms with E-state index in [0.29, 0.717) is 22.4 Å². The number of aromatic nitrogens is 2. The first-order valence-electron chi connectivity index (χ1n) is 8.96. The Morgan fingerprint density at radius 2 is 2.10 bits per heavy atom. The number of alkyl halides is 3. The van der Waals surface area contributed by atoms with Crippen molar-refractivity contribution in [3.8, 4) is 0 Å². The maximum absolute atomic E-state index is 12.3. The van der Waals surface area contributed by atoms with Crippen LogP contribution in [0.1, 0.15) is 33.7 Å². The zero-order chi connectivity index (χ0) is 22.8. The van der Waals surface area contributed by atoms with Crippen molar-refractivity contribution in [2.75, 3.05) is 5.32 Å². The van der Waals surface area contributed by atoms with E-state index in [0.717, 1.165) is 10.4 Å². The minimum atomic E-state index is -5.26. The number of hydrogen-bond donors (Lipinski definition) is 3. The number of rotatable bonds is 6. The molecule has 3 aromatic rings. The lowest BCUT2D eigenvalue weighted by Gasteiger charge is -2.09. The number of nitrogens with one attached hydrogen (secondary N) is 2. The molecule has 0 aromatic carbocycles. The van der Waals surface area contributed by atoms with Gasteiger partial charge in [-0.2, -0.15) is 18.7 Å². The number of furan rings is 1. The Morgan fingerprint density at radius 1 is 1.35 bits per heavy atom. The Bertz CT molecular complexity index is 1100. The summed E-state index contributed by atoms with van der Waals surface area (Å²) < 4.78 is 42.8. The smallest absolute Gasteiger partial charge is 0.467 e. The van der Waals surface area contributed by atoms with Gasteiger partial charge < -0.3 is 20.3 Å². The number of hydroxylamine groups is 1. The maximum atomic E-state index is 12.3. The molecule has 0 saturated heterocycles. The molecule has 31 heavy (non-hydrogen) atoms. The molecule has 3 aromatic heterocycles. The first-order valence-corrected chi connectivity index (χ1v) is 9.78. The summed E-state index contributed by atoms with van der Waals surface area (Å²) in [6.07, 6.45) is -3.20. The van der Waals surface area contributed by atoms with Gasteiger partial charge in [-0.1, -0.05) is 0 Å². The fourth-order valence-corrected chi connectivity index (χ4v) is 3.97. The average molecular weight is 457 g/mol. The largest absolute Gasteiger partial charge is 0.493 e. The van der Waals surface area contributed by atoms with Gasteiger partial charge >= 0.3 is 18.1 Å². The molecule has 0 bridgehead atoms. The van der Waals surface area contributed by atoms with E-state index in [1.165, 1.54) is 23.1 Å². The van der Waals surface area contributed by atoms with E-state index in [1.807, 2.05) is 6.92 Å². The lowest BCUT2D eigenvalue weighted by Crippen LogP contribution is -2.35. The van der Waals surface area contributed by atoms with Crippen molar-refractivity contribution in [1.82, 2.24) is 15.4 Å². The molecule has 0 fully saturated rings. The van der Waals surface area contributed by atoms with Crippen LogP contribution in [0.25, 0.3) is 10.2 Å². The Morgan fingerprint density at radius 3 is 2.71 bits per heavy atom. The van der Waals surface area contributed by atoms with Crippen molar-refractivity contribution in [3.05, 3.63) is 40.4 Å². The second-order valence-corrected chi connectivity index (χ2v) is 7.76. The second-order valence-electron chi connectivity index (χ2n) is 6.66. The lowest BCUT2D eigenvalue weighted by atomic mass is 10.1. The van der Waals surface area contributed by atoms with E-state index in [1.54, 1.807) is 19.1 Å². The molecule has 0 aliphatic heterocycles. The third kappa shape index (κ3) is 5.30. The zero-order valence-electron chi connectivity index (χ0n) is 16.4. The number of fused-ring (bicyclic) bond motifs is 1. The van der Waals surface area contributed by atoms with Crippen LogP contribution in [-0.4, -0.2) is 34.1 Å². The Hall–Kier alpha value is -3.19. The van der Waals surface area contributed by atoms with Crippen molar-refractivity contribution < 1.29 is 32.0 Å². The summed E-state index contributed by atoms with van der Waals surface area (Å²) in [4.78, 5) is 36.1. The molecule has 166 valence electrons. The number of halogens is 3. The average Bonchev–Trinajstić information content (AvgIpc) is 3.31. The van der Waals surface area contributed by atoms with Crippen molar-refractivity contribution in [3.63, 3.8) is 0 Å². The zero-order valence-corrected chi connectivity index (χ0v) is 17.2. The van der Waals surface area contributed by atoms with Crippen molar-refractivity contribution in [1.29, 1.82) is 0 Å². The number of hydrogen-bond acceptors (Lipinski definition) is 9. The SMILES string of the molecule is Cc1c(C[C@H](C)N)sc2c(NCc3ccco3)nc(C(=O)NOC(=O)C(F)(F)F)nc12. The molecule has 0 unspecified atom stereocenters. The Balaban J connectivity index is 1.94. The van der Waals surface area contributed by atoms with Gasteiger partial charge in [0.1, 0.15) is 11.6 Å². The van der Waals surface area contributed by atoms with Gasteiger partial charge in [-0.3, -0.25) is 4.79 Å². The van der Waals surface area contributed by atoms with E-state index < -0.39 is 23.9 Å². The summed E-state index contributed by atoms with van der Waals surface area (Å²) >= 11 is 1.39. The molecular weight excluding hydrogens is 439 g/mol. The number of amides is 1. The molecule has 0 radical (unpaired) electrons. The van der Waals surface area contributed by atoms with E-state index in [2.05, 4.69) is 20.1 Å². The molecule has 3 rings (SSSR count). The van der Waals surface area contributed by atoms with Gasteiger partial charge in [0.15, 0.2) is 0 Å². The van der Waals surface area contributed by atoms with Crippen LogP contribution in [0.15, 0.2) is 22.8 Å². The molecule has 1 atom stereocenters. The Labute approximate surface area is 177 Å². The number of thiophene rings is 1. The molecule has 4 N–H and O–H groups in total. The molecule has 0 saturated carbocycles. The van der Waals surface area contributed by atoms with Crippen LogP contribution in [0.2, 0.25) is 0 Å². The fraction of sp³-hybridized carbons (Fsp3) is 0.333. The van der Waals surface area contributed by atoms with E-state index >= 15 is 0 Å².